The van der Waals surface area contributed by atoms with Crippen molar-refractivity contribution < 1.29 is 84.9 Å². The molecule has 0 aliphatic carbocycles. The molecule has 0 heterocycles. The van der Waals surface area contributed by atoms with Crippen LogP contribution in [0.15, 0.2) is 127 Å². The number of hydrogen-bond acceptors (Lipinski definition) is 10. The summed E-state index contributed by atoms with van der Waals surface area (Å²) in [4.78, 5) is 0. The van der Waals surface area contributed by atoms with Crippen molar-refractivity contribution in [3.8, 4) is 0 Å². The summed E-state index contributed by atoms with van der Waals surface area (Å²) in [5, 5.41) is 19.6. The van der Waals surface area contributed by atoms with Crippen LogP contribution in [0.1, 0.15) is 383 Å². The Labute approximate surface area is 833 Å². The number of aliphatic hydroxyl groups excluding tert-OH is 2. The van der Waals surface area contributed by atoms with E-state index >= 15 is 0 Å². The van der Waals surface area contributed by atoms with Gasteiger partial charge in [-0.2, -0.15) is 39.5 Å². The van der Waals surface area contributed by atoms with Crippen LogP contribution in [-0.2, 0) is 94.0 Å². The Balaban J connectivity index is 0.000000808. The molecule has 8 aromatic carbocycles. The maximum Gasteiger partial charge on any atom is 0.419 e. The molecular weight excluding hydrogens is 1840 g/mol. The Hall–Kier alpha value is -7.83. The summed E-state index contributed by atoms with van der Waals surface area (Å²) in [7, 11) is 0. The van der Waals surface area contributed by atoms with Gasteiger partial charge >= 0.3 is 18.5 Å². The highest BCUT2D eigenvalue weighted by molar-refractivity contribution is 5.42. The van der Waals surface area contributed by atoms with Crippen molar-refractivity contribution >= 4 is 0 Å². The van der Waals surface area contributed by atoms with E-state index in [2.05, 4.69) is 6.92 Å². The highest BCUT2D eigenvalue weighted by atomic mass is 19.4. The third kappa shape index (κ3) is 46.6. The molecule has 2 unspecified atom stereocenters. The molecular formula is C114H171F17N8O2. The third-order valence-electron chi connectivity index (χ3n) is 23.3. The van der Waals surface area contributed by atoms with Crippen LogP contribution in [0.4, 0.5) is 74.6 Å². The van der Waals surface area contributed by atoms with Crippen LogP contribution < -0.4 is 45.9 Å². The summed E-state index contributed by atoms with van der Waals surface area (Å²) >= 11 is 0. The first-order valence-electron chi connectivity index (χ1n) is 48.6. The van der Waals surface area contributed by atoms with Gasteiger partial charge in [0.15, 0.2) is 0 Å². The number of nitrogens with two attached hydrogens (primary N) is 8. The van der Waals surface area contributed by atoms with Crippen LogP contribution in [0.3, 0.4) is 0 Å². The number of hydrogen-bond donors (Lipinski definition) is 10. The number of alkyl halides is 9. The topological polar surface area (TPSA) is 249 Å². The Morgan fingerprint density at radius 2 is 0.511 bits per heavy atom. The van der Waals surface area contributed by atoms with E-state index in [1.165, 1.54) is 41.5 Å². The molecule has 27 heteroatoms. The summed E-state index contributed by atoms with van der Waals surface area (Å²) in [5.74, 6) is -3.87. The first-order chi connectivity index (χ1) is 63.7. The summed E-state index contributed by atoms with van der Waals surface area (Å²) in [6, 6.07) is 32.9. The van der Waals surface area contributed by atoms with Crippen LogP contribution in [0.2, 0.25) is 0 Å². The van der Waals surface area contributed by atoms with Gasteiger partial charge in [0.1, 0.15) is 46.5 Å². The first-order valence-corrected chi connectivity index (χ1v) is 48.6. The zero-order valence-corrected chi connectivity index (χ0v) is 90.0. The van der Waals surface area contributed by atoms with Gasteiger partial charge in [0.05, 0.1) is 28.9 Å². The minimum atomic E-state index is -4.70. The fourth-order valence-corrected chi connectivity index (χ4v) is 14.6. The second kappa shape index (κ2) is 54.6. The maximum absolute atomic E-state index is 14.2. The second-order valence-corrected chi connectivity index (χ2v) is 46.9. The van der Waals surface area contributed by atoms with Crippen LogP contribution >= 0.6 is 0 Å². The third-order valence-corrected chi connectivity index (χ3v) is 23.3. The molecule has 18 N–H and O–H groups in total. The number of benzene rings is 8. The van der Waals surface area contributed by atoms with E-state index in [0.717, 1.165) is 83.7 Å². The summed E-state index contributed by atoms with van der Waals surface area (Å²) in [5.41, 5.74) is 47.7. The molecule has 0 bridgehead atoms. The Morgan fingerprint density at radius 1 is 0.270 bits per heavy atom. The monoisotopic (exact) mass is 2010 g/mol. The van der Waals surface area contributed by atoms with E-state index < -0.39 is 86.7 Å². The normalized spacial score (nSPS) is 13.7. The number of halogens is 17. The molecule has 0 radical (unpaired) electrons. The van der Waals surface area contributed by atoms with Crippen molar-refractivity contribution in [2.24, 2.45) is 51.8 Å². The van der Waals surface area contributed by atoms with Crippen molar-refractivity contribution in [1.82, 2.24) is 0 Å². The molecule has 798 valence electrons. The average molecular weight is 2010 g/mol. The van der Waals surface area contributed by atoms with Gasteiger partial charge in [0.2, 0.25) is 0 Å². The van der Waals surface area contributed by atoms with Gasteiger partial charge in [0.25, 0.3) is 0 Å². The van der Waals surface area contributed by atoms with Crippen molar-refractivity contribution in [3.63, 3.8) is 0 Å². The van der Waals surface area contributed by atoms with E-state index in [0.29, 0.717) is 111 Å². The number of aryl methyl sites for hydroxylation is 4. The zero-order valence-electron chi connectivity index (χ0n) is 90.0. The van der Waals surface area contributed by atoms with Gasteiger partial charge in [-0.05, 0) is 349 Å². The molecule has 0 spiro atoms. The fourth-order valence-electron chi connectivity index (χ4n) is 14.6. The number of aliphatic hydroxyl groups is 2. The van der Waals surface area contributed by atoms with Gasteiger partial charge in [-0.15, -0.1) is 0 Å². The minimum absolute atomic E-state index is 0.0503. The van der Waals surface area contributed by atoms with E-state index in [-0.39, 0.29) is 90.4 Å². The summed E-state index contributed by atoms with van der Waals surface area (Å²) < 4.78 is 227. The summed E-state index contributed by atoms with van der Waals surface area (Å²) in [6.45, 7) is 61.2. The second-order valence-electron chi connectivity index (χ2n) is 46.9. The van der Waals surface area contributed by atoms with Crippen LogP contribution in [-0.4, -0.2) is 60.1 Å². The molecule has 0 amide bonds. The van der Waals surface area contributed by atoms with Crippen LogP contribution in [0.25, 0.3) is 0 Å². The summed E-state index contributed by atoms with van der Waals surface area (Å²) in [6.07, 6.45) is -7.38. The highest BCUT2D eigenvalue weighted by Gasteiger charge is 2.41. The predicted octanol–water partition coefficient (Wildman–Crippen LogP) is 28.9. The van der Waals surface area contributed by atoms with Crippen LogP contribution in [0.5, 0.6) is 0 Å². The van der Waals surface area contributed by atoms with Crippen molar-refractivity contribution in [3.05, 3.63) is 280 Å². The lowest BCUT2D eigenvalue weighted by Gasteiger charge is -2.24. The van der Waals surface area contributed by atoms with Crippen LogP contribution in [0, 0.1) is 52.5 Å². The zero-order chi connectivity index (χ0) is 110. The van der Waals surface area contributed by atoms with Gasteiger partial charge in [-0.25, -0.2) is 35.1 Å². The average Bonchev–Trinajstić information content (AvgIpc) is 0.784. The van der Waals surface area contributed by atoms with E-state index in [4.69, 9.17) is 45.9 Å². The standard InChI is InChI=1S/C16H23F4N.2C15H21F4N.C15H24FN.C14H22FN.2C13H20FNO.C13H20FN/c1-14(2,3)11-8-10(6-7-15(4,5)21)9-12(13(11)17)16(18,19)20;1-9(8-20)5-10-6-11(14(2,3)4)13(16)12(7-10)15(17,18)19;1-9(20)5-6-10-7-11(14(2,3)4)13(16)12(8-10)15(17,18)19;1-14(2,3)12-10-11(6-7-13(12)16)8-9-15(4,5)17;1-10(7-8-16)11-5-6-13(15)12(9-11)14(2,3)4;2*1-13(2,3)10-8-9(4-5-11(10)14)12(16)6-7-15;1-13(2,3)11-9-10(5-4-8-15)6-7-12(11)14/h8-9H,6-7,21H2,1-5H3;6-7,9H,5,8,20H2,1-4H3;7-9H,5-6,20H2,1-4H3;6-7,10H,8-9,17H2,1-5H3;5-6,9-10H,7-8,16H2,1-4H3;2*4-5,8,12,16H,6-7,15H2,1-3H3;6-7,9H,4-5,8,15H2,1-3H3/t;;9-;;;2*12-;/m..0..10./s1. The molecule has 8 rings (SSSR count). The maximum atomic E-state index is 14.2. The van der Waals surface area contributed by atoms with E-state index in [9.17, 15) is 84.9 Å². The molecule has 0 aromatic heterocycles. The lowest BCUT2D eigenvalue weighted by molar-refractivity contribution is -0.141. The van der Waals surface area contributed by atoms with Crippen molar-refractivity contribution in [2.75, 3.05) is 32.7 Å². The number of rotatable bonds is 24. The SMILES string of the molecule is CC(C)(C)c1cc(CCCN)ccc1F.CC(C)(C)c1cc([C@@H](O)CCN)ccc1F.CC(C)(C)c1cc([C@H](O)CCN)ccc1F.CC(C)(N)CCc1cc(C(C)(C)C)c(F)c(C(F)(F)F)c1.CC(C)(N)CCc1ccc(F)c(C(C)(C)C)c1.CC(CCN)c1ccc(F)c(C(C)(C)C)c1.CC(CN)Cc1cc(C(C)(C)C)c(F)c(C(F)(F)F)c1.C[C@H](N)CCc1cc(C(C)(C)C)c(F)c(C(F)(F)F)c1. The Kier molecular flexibility index (Phi) is 50.8. The smallest absolute Gasteiger partial charge is 0.388 e. The van der Waals surface area contributed by atoms with Gasteiger partial charge in [-0.3, -0.25) is 0 Å². The molecule has 8 aromatic rings. The van der Waals surface area contributed by atoms with Crippen molar-refractivity contribution in [2.45, 2.75) is 389 Å². The molecule has 0 saturated carbocycles. The molecule has 5 atom stereocenters. The van der Waals surface area contributed by atoms with E-state index in [1.807, 2.05) is 175 Å². The molecule has 0 saturated heterocycles. The largest absolute Gasteiger partial charge is 0.419 e. The molecule has 0 fully saturated rings. The molecule has 141 heavy (non-hydrogen) atoms. The lowest BCUT2D eigenvalue weighted by atomic mass is 9.83. The van der Waals surface area contributed by atoms with Gasteiger partial charge in [-0.1, -0.05) is 247 Å². The Morgan fingerprint density at radius 3 is 0.780 bits per heavy atom. The predicted molar refractivity (Wildman–Crippen MR) is 550 cm³/mol. The molecule has 0 aliphatic heterocycles. The van der Waals surface area contributed by atoms with Crippen molar-refractivity contribution in [1.29, 1.82) is 0 Å². The lowest BCUT2D eigenvalue weighted by Crippen LogP contribution is -2.32. The highest BCUT2D eigenvalue weighted by Crippen LogP contribution is 2.43. The molecule has 10 nitrogen and oxygen atoms in total. The quantitative estimate of drug-likeness (QED) is 0.0256. The minimum Gasteiger partial charge on any atom is -0.388 e. The molecule has 0 aliphatic rings. The fraction of sp³-hybridized carbons (Fsp3) is 0.579. The Bertz CT molecular complexity index is 4850. The van der Waals surface area contributed by atoms with Gasteiger partial charge < -0.3 is 56.1 Å². The van der Waals surface area contributed by atoms with E-state index in [1.54, 1.807) is 112 Å². The van der Waals surface area contributed by atoms with Gasteiger partial charge in [0, 0.05) is 17.1 Å². The first kappa shape index (κ1) is 131.